The molecule has 2 rings (SSSR count). The maximum atomic E-state index is 4.76. The van der Waals surface area contributed by atoms with Gasteiger partial charge in [0.25, 0.3) is 0 Å². The summed E-state index contributed by atoms with van der Waals surface area (Å²) < 4.78 is 0. The van der Waals surface area contributed by atoms with E-state index in [0.717, 1.165) is 11.8 Å². The molecule has 0 aromatic carbocycles. The normalized spacial score (nSPS) is 38.4. The van der Waals surface area contributed by atoms with E-state index < -0.39 is 0 Å². The van der Waals surface area contributed by atoms with Gasteiger partial charge in [-0.1, -0.05) is 25.1 Å². The summed E-state index contributed by atoms with van der Waals surface area (Å²) in [6.45, 7) is 5.56. The van der Waals surface area contributed by atoms with E-state index in [1.165, 1.54) is 36.6 Å². The first kappa shape index (κ1) is 12.6. The lowest BCUT2D eigenvalue weighted by Crippen LogP contribution is -2.38. The Morgan fingerprint density at radius 1 is 1.38 bits per heavy atom. The second-order valence-electron chi connectivity index (χ2n) is 4.84. The highest BCUT2D eigenvalue weighted by Crippen LogP contribution is 2.26. The molecule has 0 aromatic rings. The molecule has 2 heterocycles. The summed E-state index contributed by atoms with van der Waals surface area (Å²) in [5.74, 6) is 1.34. The van der Waals surface area contributed by atoms with E-state index in [1.54, 1.807) is 0 Å². The first-order chi connectivity index (χ1) is 7.74. The molecule has 2 nitrogen and oxygen atoms in total. The highest BCUT2D eigenvalue weighted by atomic mass is 32.2. The molecule has 2 aliphatic heterocycles. The van der Waals surface area contributed by atoms with Crippen molar-refractivity contribution in [3.8, 4) is 0 Å². The minimum absolute atomic E-state index is 0.592. The molecule has 16 heavy (non-hydrogen) atoms. The zero-order chi connectivity index (χ0) is 11.4. The molecule has 0 spiro atoms. The quantitative estimate of drug-likeness (QED) is 0.823. The van der Waals surface area contributed by atoms with E-state index in [-0.39, 0.29) is 0 Å². The topological polar surface area (TPSA) is 24.4 Å². The molecule has 0 aromatic heterocycles. The maximum Gasteiger partial charge on any atom is 0.157 e. The van der Waals surface area contributed by atoms with Crippen LogP contribution >= 0.6 is 23.5 Å². The fourth-order valence-corrected chi connectivity index (χ4v) is 4.66. The molecule has 4 heteroatoms. The van der Waals surface area contributed by atoms with E-state index in [2.05, 4.69) is 30.9 Å². The summed E-state index contributed by atoms with van der Waals surface area (Å²) >= 11 is 4.02. The Morgan fingerprint density at radius 2 is 2.25 bits per heavy atom. The Bertz CT molecular complexity index is 237. The maximum absolute atomic E-state index is 4.76. The van der Waals surface area contributed by atoms with Crippen LogP contribution in [0.15, 0.2) is 4.99 Å². The van der Waals surface area contributed by atoms with Gasteiger partial charge in [0, 0.05) is 16.5 Å². The fourth-order valence-electron chi connectivity index (χ4n) is 2.26. The second-order valence-corrected chi connectivity index (χ2v) is 7.68. The largest absolute Gasteiger partial charge is 0.362 e. The van der Waals surface area contributed by atoms with Gasteiger partial charge in [0.15, 0.2) is 5.17 Å². The van der Waals surface area contributed by atoms with Crippen LogP contribution in [-0.2, 0) is 0 Å². The smallest absolute Gasteiger partial charge is 0.157 e. The predicted octanol–water partition coefficient (Wildman–Crippen LogP) is 3.13. The lowest BCUT2D eigenvalue weighted by molar-refractivity contribution is 0.596. The number of nitrogens with one attached hydrogen (secondary N) is 1. The third-order valence-electron chi connectivity index (χ3n) is 3.08. The second kappa shape index (κ2) is 6.20. The first-order valence-corrected chi connectivity index (χ1v) is 8.26. The minimum Gasteiger partial charge on any atom is -0.362 e. The summed E-state index contributed by atoms with van der Waals surface area (Å²) in [4.78, 5) is 4.76. The van der Waals surface area contributed by atoms with Gasteiger partial charge in [-0.05, 0) is 31.9 Å². The van der Waals surface area contributed by atoms with Crippen molar-refractivity contribution in [2.45, 2.75) is 56.1 Å². The van der Waals surface area contributed by atoms with Gasteiger partial charge in [0.05, 0.1) is 6.54 Å². The van der Waals surface area contributed by atoms with Crippen LogP contribution in [0.4, 0.5) is 0 Å². The van der Waals surface area contributed by atoms with E-state index in [1.807, 2.05) is 11.8 Å². The van der Waals surface area contributed by atoms with Crippen LogP contribution in [0, 0.1) is 0 Å². The molecule has 0 bridgehead atoms. The Morgan fingerprint density at radius 3 is 2.94 bits per heavy atom. The Kier molecular flexibility index (Phi) is 4.89. The van der Waals surface area contributed by atoms with Crippen molar-refractivity contribution >= 4 is 28.7 Å². The van der Waals surface area contributed by atoms with Crippen molar-refractivity contribution in [2.75, 3.05) is 12.3 Å². The summed E-state index contributed by atoms with van der Waals surface area (Å²) in [5.41, 5.74) is 0. The summed E-state index contributed by atoms with van der Waals surface area (Å²) in [6, 6.07) is 0.592. The van der Waals surface area contributed by atoms with Gasteiger partial charge in [-0.25, -0.2) is 0 Å². The van der Waals surface area contributed by atoms with Gasteiger partial charge >= 0.3 is 0 Å². The first-order valence-electron chi connectivity index (χ1n) is 6.33. The SMILES string of the molecule is CC1CC(C)SC(=NCC2CCCCS2)N1. The molecular formula is C12H22N2S2. The fraction of sp³-hybridized carbons (Fsp3) is 0.917. The van der Waals surface area contributed by atoms with Gasteiger partial charge in [-0.3, -0.25) is 4.99 Å². The van der Waals surface area contributed by atoms with E-state index >= 15 is 0 Å². The Labute approximate surface area is 107 Å². The number of hydrogen-bond donors (Lipinski definition) is 1. The zero-order valence-electron chi connectivity index (χ0n) is 10.2. The van der Waals surface area contributed by atoms with Crippen LogP contribution < -0.4 is 5.32 Å². The molecule has 92 valence electrons. The minimum atomic E-state index is 0.592. The molecular weight excluding hydrogens is 236 g/mol. The number of rotatable bonds is 2. The van der Waals surface area contributed by atoms with Crippen molar-refractivity contribution in [1.29, 1.82) is 0 Å². The van der Waals surface area contributed by atoms with Crippen molar-refractivity contribution < 1.29 is 0 Å². The highest BCUT2D eigenvalue weighted by Gasteiger charge is 2.20. The summed E-state index contributed by atoms with van der Waals surface area (Å²) in [5, 5.41) is 6.16. The van der Waals surface area contributed by atoms with Crippen LogP contribution in [-0.4, -0.2) is 34.0 Å². The van der Waals surface area contributed by atoms with Gasteiger partial charge in [-0.2, -0.15) is 11.8 Å². The van der Waals surface area contributed by atoms with E-state index in [0.29, 0.717) is 11.3 Å². The van der Waals surface area contributed by atoms with Crippen LogP contribution in [0.5, 0.6) is 0 Å². The van der Waals surface area contributed by atoms with Crippen molar-refractivity contribution in [2.24, 2.45) is 4.99 Å². The molecule has 2 saturated heterocycles. The van der Waals surface area contributed by atoms with Crippen molar-refractivity contribution in [3.05, 3.63) is 0 Å². The van der Waals surface area contributed by atoms with Crippen LogP contribution in [0.3, 0.4) is 0 Å². The number of aliphatic imine (C=N–C) groups is 1. The monoisotopic (exact) mass is 258 g/mol. The number of hydrogen-bond acceptors (Lipinski definition) is 3. The van der Waals surface area contributed by atoms with Crippen molar-refractivity contribution in [1.82, 2.24) is 5.32 Å². The third-order valence-corrected chi connectivity index (χ3v) is 5.53. The highest BCUT2D eigenvalue weighted by molar-refractivity contribution is 8.14. The predicted molar refractivity (Wildman–Crippen MR) is 76.7 cm³/mol. The lowest BCUT2D eigenvalue weighted by Gasteiger charge is -2.27. The van der Waals surface area contributed by atoms with Crippen LogP contribution in [0.25, 0.3) is 0 Å². The Balaban J connectivity index is 1.81. The molecule has 3 atom stereocenters. The number of nitrogens with zero attached hydrogens (tertiary/aromatic N) is 1. The zero-order valence-corrected chi connectivity index (χ0v) is 11.9. The summed E-state index contributed by atoms with van der Waals surface area (Å²) in [6.07, 6.45) is 5.41. The average Bonchev–Trinajstić information content (AvgIpc) is 2.27. The van der Waals surface area contributed by atoms with Crippen molar-refractivity contribution in [3.63, 3.8) is 0 Å². The van der Waals surface area contributed by atoms with E-state index in [9.17, 15) is 0 Å². The van der Waals surface area contributed by atoms with Gasteiger partial charge in [0.2, 0.25) is 0 Å². The molecule has 3 unspecified atom stereocenters. The standard InChI is InChI=1S/C12H22N2S2/c1-9-7-10(2)16-12(14-9)13-8-11-5-3-4-6-15-11/h9-11H,3-8H2,1-2H3,(H,13,14). The molecule has 0 radical (unpaired) electrons. The molecule has 2 fully saturated rings. The summed E-state index contributed by atoms with van der Waals surface area (Å²) in [7, 11) is 0. The molecule has 2 aliphatic rings. The lowest BCUT2D eigenvalue weighted by atomic mass is 10.2. The van der Waals surface area contributed by atoms with Crippen LogP contribution in [0.2, 0.25) is 0 Å². The average molecular weight is 258 g/mol. The molecule has 0 amide bonds. The number of amidine groups is 1. The van der Waals surface area contributed by atoms with Gasteiger partial charge in [-0.15, -0.1) is 0 Å². The third kappa shape index (κ3) is 3.88. The molecule has 0 aliphatic carbocycles. The van der Waals surface area contributed by atoms with Gasteiger partial charge in [0.1, 0.15) is 0 Å². The van der Waals surface area contributed by atoms with Gasteiger partial charge < -0.3 is 5.32 Å². The molecule has 0 saturated carbocycles. The number of thioether (sulfide) groups is 2. The van der Waals surface area contributed by atoms with E-state index in [4.69, 9.17) is 4.99 Å². The molecule has 1 N–H and O–H groups in total. The van der Waals surface area contributed by atoms with Crippen LogP contribution in [0.1, 0.15) is 39.5 Å². The Hall–Kier alpha value is 0.170.